The van der Waals surface area contributed by atoms with Crippen LogP contribution in [0.3, 0.4) is 0 Å². The topological polar surface area (TPSA) is 94.9 Å². The number of thiazole rings is 1. The van der Waals surface area contributed by atoms with E-state index >= 15 is 0 Å². The van der Waals surface area contributed by atoms with Gasteiger partial charge in [0.2, 0.25) is 0 Å². The van der Waals surface area contributed by atoms with Gasteiger partial charge in [0.05, 0.1) is 24.4 Å². The summed E-state index contributed by atoms with van der Waals surface area (Å²) in [6.07, 6.45) is 0.777. The van der Waals surface area contributed by atoms with Crippen LogP contribution in [0.4, 0.5) is 0 Å². The number of aliphatic imine (C=N–C) groups is 1. The number of nitrogens with zero attached hydrogens (tertiary/aromatic N) is 2. The molecule has 0 amide bonds. The van der Waals surface area contributed by atoms with Crippen molar-refractivity contribution in [1.82, 2.24) is 10.3 Å². The summed E-state index contributed by atoms with van der Waals surface area (Å²) in [5.74, 6) is 3.27. The second-order valence-corrected chi connectivity index (χ2v) is 7.85. The number of rotatable bonds is 8. The van der Waals surface area contributed by atoms with E-state index in [1.807, 2.05) is 48.5 Å². The molecule has 0 saturated carbocycles. The summed E-state index contributed by atoms with van der Waals surface area (Å²) in [5, 5.41) is 3.99. The molecule has 0 aliphatic rings. The summed E-state index contributed by atoms with van der Waals surface area (Å²) in [4.78, 5) is 8.98. The van der Waals surface area contributed by atoms with Crippen LogP contribution in [0.1, 0.15) is 11.3 Å². The highest BCUT2D eigenvalue weighted by Crippen LogP contribution is 2.31. The fourth-order valence-electron chi connectivity index (χ4n) is 3.15. The maximum Gasteiger partial charge on any atom is 0.189 e. The van der Waals surface area contributed by atoms with Crippen LogP contribution in [0.2, 0.25) is 0 Å². The molecule has 0 atom stereocenters. The highest BCUT2D eigenvalue weighted by atomic mass is 32.1. The van der Waals surface area contributed by atoms with Crippen LogP contribution in [0.15, 0.2) is 64.0 Å². The maximum atomic E-state index is 6.00. The lowest BCUT2D eigenvalue weighted by molar-refractivity contribution is 0.354. The number of furan rings is 1. The Kier molecular flexibility index (Phi) is 6.37. The number of methoxy groups -OCH3 is 2. The van der Waals surface area contributed by atoms with Crippen molar-refractivity contribution in [1.29, 1.82) is 0 Å². The highest BCUT2D eigenvalue weighted by molar-refractivity contribution is 7.21. The molecule has 2 aromatic heterocycles. The normalized spacial score (nSPS) is 11.6. The van der Waals surface area contributed by atoms with Crippen molar-refractivity contribution < 1.29 is 13.9 Å². The molecule has 2 aromatic carbocycles. The molecular formula is C23H24N4O3S. The van der Waals surface area contributed by atoms with Crippen LogP contribution < -0.4 is 20.5 Å². The Morgan fingerprint density at radius 3 is 2.74 bits per heavy atom. The summed E-state index contributed by atoms with van der Waals surface area (Å²) in [6, 6.07) is 17.7. The molecule has 4 aromatic rings. The van der Waals surface area contributed by atoms with Crippen LogP contribution in [-0.2, 0) is 13.0 Å². The molecule has 0 fully saturated rings. The molecule has 160 valence electrons. The van der Waals surface area contributed by atoms with Gasteiger partial charge in [-0.2, -0.15) is 0 Å². The van der Waals surface area contributed by atoms with E-state index < -0.39 is 0 Å². The third-order valence-corrected chi connectivity index (χ3v) is 5.79. The first-order valence-corrected chi connectivity index (χ1v) is 10.7. The van der Waals surface area contributed by atoms with Crippen molar-refractivity contribution in [2.45, 2.75) is 13.0 Å². The van der Waals surface area contributed by atoms with Gasteiger partial charge in [-0.05, 0) is 48.4 Å². The fourth-order valence-corrected chi connectivity index (χ4v) is 4.07. The van der Waals surface area contributed by atoms with E-state index in [2.05, 4.69) is 21.4 Å². The predicted octanol–water partition coefficient (Wildman–Crippen LogP) is 4.22. The Morgan fingerprint density at radius 1 is 1.10 bits per heavy atom. The number of hydrogen-bond donors (Lipinski definition) is 2. The van der Waals surface area contributed by atoms with Gasteiger partial charge < -0.3 is 24.9 Å². The Bertz CT molecular complexity index is 1170. The first-order valence-electron chi connectivity index (χ1n) is 9.85. The lowest BCUT2D eigenvalue weighted by Gasteiger charge is -2.10. The van der Waals surface area contributed by atoms with Crippen molar-refractivity contribution >= 4 is 27.5 Å². The number of para-hydroxylation sites is 1. The van der Waals surface area contributed by atoms with Crippen molar-refractivity contribution in [2.75, 3.05) is 20.8 Å². The molecular weight excluding hydrogens is 412 g/mol. The fraction of sp³-hybridized carbons (Fsp3) is 0.217. The molecule has 3 N–H and O–H groups in total. The molecule has 31 heavy (non-hydrogen) atoms. The van der Waals surface area contributed by atoms with E-state index in [9.17, 15) is 0 Å². The summed E-state index contributed by atoms with van der Waals surface area (Å²) in [5.41, 5.74) is 8.09. The van der Waals surface area contributed by atoms with Gasteiger partial charge in [0.1, 0.15) is 12.3 Å². The zero-order valence-electron chi connectivity index (χ0n) is 17.4. The van der Waals surface area contributed by atoms with E-state index in [0.717, 1.165) is 38.7 Å². The van der Waals surface area contributed by atoms with Crippen molar-refractivity contribution in [2.24, 2.45) is 10.7 Å². The molecule has 0 aliphatic heterocycles. The number of guanidine groups is 1. The molecule has 0 radical (unpaired) electrons. The summed E-state index contributed by atoms with van der Waals surface area (Å²) in [7, 11) is 3.25. The molecule has 0 aliphatic carbocycles. The lowest BCUT2D eigenvalue weighted by atomic mass is 10.1. The minimum atomic E-state index is 0.361. The van der Waals surface area contributed by atoms with Gasteiger partial charge in [-0.3, -0.25) is 0 Å². The molecule has 0 bridgehead atoms. The standard InChI is InChI=1S/C23H24N4O3S/c1-28-18-9-7-15(13-20(18)29-2)11-12-25-23(24)26-14-16-8-10-19(30-16)22-27-17-5-3-4-6-21(17)31-22/h3-10,13H,11-12,14H2,1-2H3,(H3,24,25,26). The van der Waals surface area contributed by atoms with Gasteiger partial charge >= 0.3 is 0 Å². The number of benzene rings is 2. The van der Waals surface area contributed by atoms with Gasteiger partial charge in [-0.1, -0.05) is 18.2 Å². The zero-order chi connectivity index (χ0) is 21.6. The molecule has 0 saturated heterocycles. The molecule has 0 unspecified atom stereocenters. The lowest BCUT2D eigenvalue weighted by Crippen LogP contribution is -2.33. The molecule has 8 heteroatoms. The monoisotopic (exact) mass is 436 g/mol. The molecule has 0 spiro atoms. The number of hydrogen-bond acceptors (Lipinski definition) is 6. The first kappa shape index (κ1) is 20.7. The van der Waals surface area contributed by atoms with Crippen LogP contribution in [-0.4, -0.2) is 31.7 Å². The molecule has 2 heterocycles. The van der Waals surface area contributed by atoms with Crippen molar-refractivity contribution in [3.63, 3.8) is 0 Å². The van der Waals surface area contributed by atoms with E-state index in [-0.39, 0.29) is 0 Å². The minimum Gasteiger partial charge on any atom is -0.493 e. The van der Waals surface area contributed by atoms with E-state index in [1.165, 1.54) is 0 Å². The second kappa shape index (κ2) is 9.53. The predicted molar refractivity (Wildman–Crippen MR) is 124 cm³/mol. The number of nitrogens with two attached hydrogens (primary N) is 1. The maximum absolute atomic E-state index is 6.00. The molecule has 7 nitrogen and oxygen atoms in total. The molecule has 4 rings (SSSR count). The average molecular weight is 437 g/mol. The van der Waals surface area contributed by atoms with E-state index in [4.69, 9.17) is 19.6 Å². The van der Waals surface area contributed by atoms with Gasteiger partial charge in [-0.25, -0.2) is 9.98 Å². The van der Waals surface area contributed by atoms with Crippen LogP contribution in [0.5, 0.6) is 11.5 Å². The number of aromatic nitrogens is 1. The zero-order valence-corrected chi connectivity index (χ0v) is 18.2. The van der Waals surface area contributed by atoms with Gasteiger partial charge in [0.15, 0.2) is 28.2 Å². The van der Waals surface area contributed by atoms with Crippen LogP contribution in [0.25, 0.3) is 21.0 Å². The van der Waals surface area contributed by atoms with Gasteiger partial charge in [0, 0.05) is 6.54 Å². The Labute approximate surface area is 184 Å². The highest BCUT2D eigenvalue weighted by Gasteiger charge is 2.10. The minimum absolute atomic E-state index is 0.361. The van der Waals surface area contributed by atoms with E-state index in [1.54, 1.807) is 25.6 Å². The first-order chi connectivity index (χ1) is 15.2. The average Bonchev–Trinajstić information content (AvgIpc) is 3.44. The van der Waals surface area contributed by atoms with Gasteiger partial charge in [-0.15, -0.1) is 11.3 Å². The number of fused-ring (bicyclic) bond motifs is 1. The summed E-state index contributed by atoms with van der Waals surface area (Å²) >= 11 is 1.61. The third-order valence-electron chi connectivity index (χ3n) is 4.74. The summed E-state index contributed by atoms with van der Waals surface area (Å²) in [6.45, 7) is 1.01. The van der Waals surface area contributed by atoms with Crippen molar-refractivity contribution in [3.05, 3.63) is 65.9 Å². The largest absolute Gasteiger partial charge is 0.493 e. The van der Waals surface area contributed by atoms with Crippen molar-refractivity contribution in [3.8, 4) is 22.3 Å². The van der Waals surface area contributed by atoms with Crippen LogP contribution >= 0.6 is 11.3 Å². The third kappa shape index (κ3) is 4.97. The summed E-state index contributed by atoms with van der Waals surface area (Å²) < 4.78 is 17.6. The second-order valence-electron chi connectivity index (χ2n) is 6.82. The Balaban J connectivity index is 1.31. The quantitative estimate of drug-likeness (QED) is 0.317. The van der Waals surface area contributed by atoms with Crippen LogP contribution in [0, 0.1) is 0 Å². The van der Waals surface area contributed by atoms with E-state index in [0.29, 0.717) is 30.5 Å². The Morgan fingerprint density at radius 2 is 1.94 bits per heavy atom. The Hall–Kier alpha value is -3.52. The number of nitrogens with one attached hydrogen (secondary N) is 1. The smallest absolute Gasteiger partial charge is 0.189 e. The van der Waals surface area contributed by atoms with Gasteiger partial charge in [0.25, 0.3) is 0 Å². The SMILES string of the molecule is COc1ccc(CCNC(N)=NCc2ccc(-c3nc4ccccc4s3)o2)cc1OC. The number of ether oxygens (including phenoxy) is 2.